The highest BCUT2D eigenvalue weighted by atomic mass is 19.2. The van der Waals surface area contributed by atoms with Gasteiger partial charge >= 0.3 is 0 Å². The van der Waals surface area contributed by atoms with E-state index in [1.54, 1.807) is 18.3 Å². The summed E-state index contributed by atoms with van der Waals surface area (Å²) in [6.45, 7) is 2.72. The number of nitrogens with zero attached hydrogens (tertiary/aromatic N) is 2. The molecule has 1 saturated heterocycles. The third-order valence-corrected chi connectivity index (χ3v) is 7.27. The van der Waals surface area contributed by atoms with Crippen molar-refractivity contribution in [2.45, 2.75) is 18.8 Å². The maximum Gasteiger partial charge on any atom is 0.166 e. The van der Waals surface area contributed by atoms with Crippen molar-refractivity contribution in [3.8, 4) is 16.9 Å². The van der Waals surface area contributed by atoms with Gasteiger partial charge in [-0.05, 0) is 18.6 Å². The van der Waals surface area contributed by atoms with Gasteiger partial charge in [0.15, 0.2) is 11.6 Å². The molecule has 1 aromatic heterocycles. The number of ketones is 1. The number of benzene rings is 3. The van der Waals surface area contributed by atoms with Gasteiger partial charge in [-0.2, -0.15) is 0 Å². The lowest BCUT2D eigenvalue weighted by Crippen LogP contribution is -2.37. The molecule has 0 saturated carbocycles. The first kappa shape index (κ1) is 24.4. The molecule has 3 heterocycles. The maximum absolute atomic E-state index is 14.8. The quantitative estimate of drug-likeness (QED) is 0.311. The first-order valence-electron chi connectivity index (χ1n) is 12.6. The summed E-state index contributed by atoms with van der Waals surface area (Å²) in [5.41, 5.74) is 2.93. The van der Waals surface area contributed by atoms with Crippen LogP contribution in [0, 0.1) is 17.5 Å². The number of hydrogen-bond donors (Lipinski definition) is 0. The monoisotopic (exact) mass is 518 g/mol. The highest BCUT2D eigenvalue weighted by molar-refractivity contribution is 6.03. The molecule has 4 aromatic rings. The van der Waals surface area contributed by atoms with Gasteiger partial charge in [0.1, 0.15) is 17.3 Å². The maximum atomic E-state index is 14.8. The van der Waals surface area contributed by atoms with Gasteiger partial charge in [-0.25, -0.2) is 13.2 Å². The van der Waals surface area contributed by atoms with Gasteiger partial charge in [-0.15, -0.1) is 0 Å². The second-order valence-corrected chi connectivity index (χ2v) is 9.55. The van der Waals surface area contributed by atoms with Crippen LogP contribution in [-0.4, -0.2) is 43.7 Å². The van der Waals surface area contributed by atoms with E-state index in [1.807, 2.05) is 30.3 Å². The fourth-order valence-corrected chi connectivity index (χ4v) is 5.50. The van der Waals surface area contributed by atoms with Crippen LogP contribution in [0.25, 0.3) is 22.0 Å². The largest absolute Gasteiger partial charge is 0.493 e. The molecule has 0 bridgehead atoms. The third-order valence-electron chi connectivity index (χ3n) is 7.27. The number of Topliss-reactive ketones (excluding diaryl/α,β-unsaturated/α-hetero) is 1. The van der Waals surface area contributed by atoms with Gasteiger partial charge in [-0.1, -0.05) is 36.4 Å². The molecule has 0 amide bonds. The number of ether oxygens (including phenoxy) is 2. The molecule has 1 atom stereocenters. The van der Waals surface area contributed by atoms with Crippen LogP contribution < -0.4 is 9.64 Å². The SMILES string of the molecule is O=C(Cc1cnc2c(-c3cc(F)cc(F)c3F)cccc2c1N1CCOCC1)[C@H]1CCOc2ccccc21. The van der Waals surface area contributed by atoms with Crippen LogP contribution in [0.2, 0.25) is 0 Å². The topological polar surface area (TPSA) is 51.7 Å². The Kier molecular flexibility index (Phi) is 6.49. The molecule has 1 fully saturated rings. The van der Waals surface area contributed by atoms with Gasteiger partial charge in [0.25, 0.3) is 0 Å². The van der Waals surface area contributed by atoms with E-state index in [9.17, 15) is 18.0 Å². The van der Waals surface area contributed by atoms with Gasteiger partial charge in [0.2, 0.25) is 0 Å². The summed E-state index contributed by atoms with van der Waals surface area (Å²) in [5, 5.41) is 0.686. The Morgan fingerprint density at radius 3 is 2.63 bits per heavy atom. The highest BCUT2D eigenvalue weighted by Gasteiger charge is 2.29. The smallest absolute Gasteiger partial charge is 0.166 e. The molecule has 0 unspecified atom stereocenters. The van der Waals surface area contributed by atoms with Gasteiger partial charge in [-0.3, -0.25) is 9.78 Å². The normalized spacial score (nSPS) is 17.2. The van der Waals surface area contributed by atoms with Crippen LogP contribution in [0.1, 0.15) is 23.5 Å². The zero-order chi connectivity index (χ0) is 26.2. The lowest BCUT2D eigenvalue weighted by Gasteiger charge is -2.32. The molecule has 0 spiro atoms. The number of carbonyl (C=O) groups excluding carboxylic acids is 1. The Morgan fingerprint density at radius 2 is 1.79 bits per heavy atom. The first-order valence-corrected chi connectivity index (χ1v) is 12.6. The minimum Gasteiger partial charge on any atom is -0.493 e. The lowest BCUT2D eigenvalue weighted by molar-refractivity contribution is -0.120. The van der Waals surface area contributed by atoms with E-state index < -0.39 is 17.5 Å². The molecule has 8 heteroatoms. The molecule has 5 nitrogen and oxygen atoms in total. The average molecular weight is 519 g/mol. The Morgan fingerprint density at radius 1 is 0.974 bits per heavy atom. The van der Waals surface area contributed by atoms with Crippen molar-refractivity contribution in [3.63, 3.8) is 0 Å². The Hall–Kier alpha value is -3.91. The van der Waals surface area contributed by atoms with E-state index in [0.29, 0.717) is 56.3 Å². The summed E-state index contributed by atoms with van der Waals surface area (Å²) in [4.78, 5) is 20.4. The zero-order valence-corrected chi connectivity index (χ0v) is 20.6. The number of hydrogen-bond acceptors (Lipinski definition) is 5. The summed E-state index contributed by atoms with van der Waals surface area (Å²) in [7, 11) is 0. The van der Waals surface area contributed by atoms with Crippen molar-refractivity contribution in [2.24, 2.45) is 0 Å². The lowest BCUT2D eigenvalue weighted by atomic mass is 9.86. The van der Waals surface area contributed by atoms with Gasteiger partial charge < -0.3 is 14.4 Å². The van der Waals surface area contributed by atoms with Crippen LogP contribution in [0.15, 0.2) is 60.8 Å². The van der Waals surface area contributed by atoms with Crippen molar-refractivity contribution in [2.75, 3.05) is 37.8 Å². The highest BCUT2D eigenvalue weighted by Crippen LogP contribution is 2.39. The van der Waals surface area contributed by atoms with Crippen molar-refractivity contribution in [1.29, 1.82) is 0 Å². The number of carbonyl (C=O) groups is 1. The number of halogens is 3. The Bertz CT molecular complexity index is 1540. The minimum absolute atomic E-state index is 0.0609. The van der Waals surface area contributed by atoms with Crippen molar-refractivity contribution >= 4 is 22.4 Å². The standard InChI is InChI=1S/C30H25F3N2O3/c31-19-15-24(28(33)25(32)16-19)22-5-3-6-23-29(22)34-17-18(30(23)35-9-12-37-13-10-35)14-26(36)20-8-11-38-27-7-2-1-4-21(20)27/h1-7,15-17,20H,8-14H2/t20-/m0/s1. The Labute approximate surface area is 217 Å². The van der Waals surface area contributed by atoms with E-state index in [2.05, 4.69) is 9.88 Å². The van der Waals surface area contributed by atoms with Crippen molar-refractivity contribution in [3.05, 3.63) is 89.4 Å². The van der Waals surface area contributed by atoms with Crippen LogP contribution in [-0.2, 0) is 16.0 Å². The molecule has 38 heavy (non-hydrogen) atoms. The number of para-hydroxylation sites is 2. The number of morpholine rings is 1. The molecule has 0 N–H and O–H groups in total. The molecule has 0 radical (unpaired) electrons. The fourth-order valence-electron chi connectivity index (χ4n) is 5.50. The first-order chi connectivity index (χ1) is 18.5. The molecule has 0 aliphatic carbocycles. The van der Waals surface area contributed by atoms with Crippen LogP contribution >= 0.6 is 0 Å². The van der Waals surface area contributed by atoms with E-state index in [1.165, 1.54) is 0 Å². The summed E-state index contributed by atoms with van der Waals surface area (Å²) < 4.78 is 54.2. The van der Waals surface area contributed by atoms with Gasteiger partial charge in [0.05, 0.1) is 31.0 Å². The summed E-state index contributed by atoms with van der Waals surface area (Å²) in [6.07, 6.45) is 2.38. The minimum atomic E-state index is -1.26. The summed E-state index contributed by atoms with van der Waals surface area (Å²) in [5.74, 6) is -2.76. The summed E-state index contributed by atoms with van der Waals surface area (Å²) in [6, 6.07) is 14.3. The molecule has 6 rings (SSSR count). The van der Waals surface area contributed by atoms with E-state index >= 15 is 0 Å². The number of pyridine rings is 1. The second kappa shape index (κ2) is 10.1. The van der Waals surface area contributed by atoms with Crippen molar-refractivity contribution < 1.29 is 27.4 Å². The molecule has 3 aromatic carbocycles. The molecular weight excluding hydrogens is 493 g/mol. The zero-order valence-electron chi connectivity index (χ0n) is 20.6. The van der Waals surface area contributed by atoms with Crippen LogP contribution in [0.5, 0.6) is 5.75 Å². The Balaban J connectivity index is 1.46. The second-order valence-electron chi connectivity index (χ2n) is 9.55. The number of rotatable bonds is 5. The fraction of sp³-hybridized carbons (Fsp3) is 0.267. The van der Waals surface area contributed by atoms with E-state index in [4.69, 9.17) is 9.47 Å². The molecule has 2 aliphatic rings. The van der Waals surface area contributed by atoms with Crippen LogP contribution in [0.4, 0.5) is 18.9 Å². The summed E-state index contributed by atoms with van der Waals surface area (Å²) >= 11 is 0. The third kappa shape index (κ3) is 4.39. The predicted octanol–water partition coefficient (Wildman–Crippen LogP) is 5.83. The average Bonchev–Trinajstić information content (AvgIpc) is 2.94. The molecule has 2 aliphatic heterocycles. The van der Waals surface area contributed by atoms with Gasteiger partial charge in [0, 0.05) is 65.3 Å². The molecule has 194 valence electrons. The number of aromatic nitrogens is 1. The van der Waals surface area contributed by atoms with E-state index in [0.717, 1.165) is 28.6 Å². The van der Waals surface area contributed by atoms with Crippen LogP contribution in [0.3, 0.4) is 0 Å². The van der Waals surface area contributed by atoms with E-state index in [-0.39, 0.29) is 29.2 Å². The molecular formula is C30H25F3N2O3. The predicted molar refractivity (Wildman–Crippen MR) is 138 cm³/mol. The number of anilines is 1. The number of fused-ring (bicyclic) bond motifs is 2. The van der Waals surface area contributed by atoms with Crippen molar-refractivity contribution in [1.82, 2.24) is 4.98 Å².